The molecule has 2 heteroatoms. The molecule has 0 saturated heterocycles. The first-order valence-electron chi connectivity index (χ1n) is 6.68. The van der Waals surface area contributed by atoms with Gasteiger partial charge in [-0.2, -0.15) is 0 Å². The molecule has 0 radical (unpaired) electrons. The van der Waals surface area contributed by atoms with Crippen LogP contribution in [0.1, 0.15) is 18.1 Å². The summed E-state index contributed by atoms with van der Waals surface area (Å²) in [6.45, 7) is 2.45. The predicted octanol–water partition coefficient (Wildman–Crippen LogP) is 2.71. The van der Waals surface area contributed by atoms with E-state index in [1.807, 2.05) is 67.6 Å². The Hall–Kier alpha value is -1.64. The maximum Gasteiger partial charge on any atom is 0.0974 e. The van der Waals surface area contributed by atoms with Gasteiger partial charge in [-0.3, -0.25) is 0 Å². The quantitative estimate of drug-likeness (QED) is 0.863. The number of hydrogen-bond donors (Lipinski definition) is 2. The van der Waals surface area contributed by atoms with E-state index in [1.165, 1.54) is 0 Å². The molecule has 0 bridgehead atoms. The molecule has 0 aliphatic carbocycles. The Bertz CT molecular complexity index is 497. The molecule has 0 amide bonds. The molecule has 2 nitrogen and oxygen atoms in total. The van der Waals surface area contributed by atoms with Gasteiger partial charge in [0.25, 0.3) is 0 Å². The second-order valence-corrected chi connectivity index (χ2v) is 5.09. The Morgan fingerprint density at radius 3 is 2.05 bits per heavy atom. The van der Waals surface area contributed by atoms with Gasteiger partial charge < -0.3 is 10.8 Å². The van der Waals surface area contributed by atoms with E-state index in [1.54, 1.807) is 0 Å². The Morgan fingerprint density at radius 1 is 1.00 bits per heavy atom. The largest absolute Gasteiger partial charge is 0.384 e. The second kappa shape index (κ2) is 6.00. The molecule has 2 aromatic rings. The molecule has 0 spiro atoms. The SMILES string of the molecule is CC(CN)C(O)(Cc1ccccc1)c1ccccc1. The molecule has 0 aromatic heterocycles. The average Bonchev–Trinajstić information content (AvgIpc) is 2.48. The lowest BCUT2D eigenvalue weighted by atomic mass is 9.78. The number of nitrogens with two attached hydrogens (primary N) is 1. The van der Waals surface area contributed by atoms with E-state index in [-0.39, 0.29) is 5.92 Å². The van der Waals surface area contributed by atoms with Gasteiger partial charge >= 0.3 is 0 Å². The van der Waals surface area contributed by atoms with Crippen molar-refractivity contribution in [2.24, 2.45) is 11.7 Å². The number of benzene rings is 2. The van der Waals surface area contributed by atoms with E-state index in [2.05, 4.69) is 0 Å². The van der Waals surface area contributed by atoms with Gasteiger partial charge in [0.2, 0.25) is 0 Å². The van der Waals surface area contributed by atoms with Crippen molar-refractivity contribution in [3.8, 4) is 0 Å². The van der Waals surface area contributed by atoms with Gasteiger partial charge in [-0.1, -0.05) is 67.6 Å². The molecule has 0 heterocycles. The van der Waals surface area contributed by atoms with E-state index in [0.717, 1.165) is 11.1 Å². The lowest BCUT2D eigenvalue weighted by Gasteiger charge is -2.34. The highest BCUT2D eigenvalue weighted by Crippen LogP contribution is 2.32. The zero-order valence-corrected chi connectivity index (χ0v) is 11.3. The fourth-order valence-corrected chi connectivity index (χ4v) is 2.39. The Kier molecular flexibility index (Phi) is 4.35. The van der Waals surface area contributed by atoms with Gasteiger partial charge in [0.05, 0.1) is 5.60 Å². The molecule has 3 N–H and O–H groups in total. The molecular weight excluding hydrogens is 234 g/mol. The summed E-state index contributed by atoms with van der Waals surface area (Å²) in [7, 11) is 0. The average molecular weight is 255 g/mol. The summed E-state index contributed by atoms with van der Waals surface area (Å²) in [4.78, 5) is 0. The first-order valence-corrected chi connectivity index (χ1v) is 6.68. The summed E-state index contributed by atoms with van der Waals surface area (Å²) in [5.74, 6) is -0.00453. The molecule has 0 saturated carbocycles. The minimum atomic E-state index is -0.919. The highest BCUT2D eigenvalue weighted by atomic mass is 16.3. The van der Waals surface area contributed by atoms with Crippen molar-refractivity contribution in [2.75, 3.05) is 6.54 Å². The summed E-state index contributed by atoms with van der Waals surface area (Å²) in [5, 5.41) is 11.1. The van der Waals surface area contributed by atoms with Crippen molar-refractivity contribution in [3.05, 3.63) is 71.8 Å². The number of rotatable bonds is 5. The molecule has 19 heavy (non-hydrogen) atoms. The predicted molar refractivity (Wildman–Crippen MR) is 78.7 cm³/mol. The van der Waals surface area contributed by atoms with Crippen LogP contribution in [0, 0.1) is 5.92 Å². The van der Waals surface area contributed by atoms with Crippen LogP contribution < -0.4 is 5.73 Å². The van der Waals surface area contributed by atoms with Crippen LogP contribution in [0.5, 0.6) is 0 Å². The van der Waals surface area contributed by atoms with Gasteiger partial charge in [0.15, 0.2) is 0 Å². The highest BCUT2D eigenvalue weighted by Gasteiger charge is 2.34. The molecule has 0 aliphatic rings. The summed E-state index contributed by atoms with van der Waals surface area (Å²) < 4.78 is 0. The summed E-state index contributed by atoms with van der Waals surface area (Å²) in [5.41, 5.74) is 6.92. The van der Waals surface area contributed by atoms with Gasteiger partial charge in [0, 0.05) is 12.3 Å². The third-order valence-electron chi connectivity index (χ3n) is 3.76. The van der Waals surface area contributed by atoms with Crippen LogP contribution in [0.25, 0.3) is 0 Å². The fourth-order valence-electron chi connectivity index (χ4n) is 2.39. The monoisotopic (exact) mass is 255 g/mol. The molecule has 2 atom stereocenters. The third kappa shape index (κ3) is 3.03. The van der Waals surface area contributed by atoms with Crippen LogP contribution in [0.2, 0.25) is 0 Å². The Balaban J connectivity index is 2.36. The van der Waals surface area contributed by atoms with Crippen molar-refractivity contribution in [3.63, 3.8) is 0 Å². The smallest absolute Gasteiger partial charge is 0.0974 e. The Labute approximate surface area is 114 Å². The zero-order chi connectivity index (χ0) is 13.7. The summed E-state index contributed by atoms with van der Waals surface area (Å²) in [6, 6.07) is 19.8. The van der Waals surface area contributed by atoms with E-state index in [0.29, 0.717) is 13.0 Å². The van der Waals surface area contributed by atoms with Crippen molar-refractivity contribution >= 4 is 0 Å². The van der Waals surface area contributed by atoms with E-state index >= 15 is 0 Å². The van der Waals surface area contributed by atoms with Gasteiger partial charge in [0.1, 0.15) is 0 Å². The number of hydrogen-bond acceptors (Lipinski definition) is 2. The molecule has 100 valence electrons. The maximum atomic E-state index is 11.1. The van der Waals surface area contributed by atoms with Crippen LogP contribution in [-0.2, 0) is 12.0 Å². The van der Waals surface area contributed by atoms with E-state index in [9.17, 15) is 5.11 Å². The second-order valence-electron chi connectivity index (χ2n) is 5.09. The van der Waals surface area contributed by atoms with Crippen LogP contribution in [0.3, 0.4) is 0 Å². The first kappa shape index (κ1) is 13.8. The van der Waals surface area contributed by atoms with Crippen molar-refractivity contribution in [1.29, 1.82) is 0 Å². The number of aliphatic hydroxyl groups is 1. The molecule has 2 unspecified atom stereocenters. The maximum absolute atomic E-state index is 11.1. The van der Waals surface area contributed by atoms with Crippen molar-refractivity contribution < 1.29 is 5.11 Å². The normalized spacial score (nSPS) is 15.7. The van der Waals surface area contributed by atoms with Crippen LogP contribution in [0.15, 0.2) is 60.7 Å². The van der Waals surface area contributed by atoms with E-state index < -0.39 is 5.60 Å². The van der Waals surface area contributed by atoms with Gasteiger partial charge in [-0.05, 0) is 17.7 Å². The molecule has 2 aromatic carbocycles. The highest BCUT2D eigenvalue weighted by molar-refractivity contribution is 5.27. The van der Waals surface area contributed by atoms with Gasteiger partial charge in [-0.25, -0.2) is 0 Å². The van der Waals surface area contributed by atoms with Crippen molar-refractivity contribution in [2.45, 2.75) is 18.9 Å². The van der Waals surface area contributed by atoms with Crippen molar-refractivity contribution in [1.82, 2.24) is 0 Å². The molecule has 0 aliphatic heterocycles. The lowest BCUT2D eigenvalue weighted by molar-refractivity contribution is -0.0136. The fraction of sp³-hybridized carbons (Fsp3) is 0.294. The summed E-state index contributed by atoms with van der Waals surface area (Å²) in [6.07, 6.45) is 0.580. The lowest BCUT2D eigenvalue weighted by Crippen LogP contribution is -2.39. The Morgan fingerprint density at radius 2 is 1.53 bits per heavy atom. The van der Waals surface area contributed by atoms with Crippen LogP contribution in [0.4, 0.5) is 0 Å². The third-order valence-corrected chi connectivity index (χ3v) is 3.76. The van der Waals surface area contributed by atoms with Gasteiger partial charge in [-0.15, -0.1) is 0 Å². The van der Waals surface area contributed by atoms with Crippen LogP contribution >= 0.6 is 0 Å². The topological polar surface area (TPSA) is 46.2 Å². The standard InChI is InChI=1S/C17H21NO/c1-14(13-18)17(19,16-10-6-3-7-11-16)12-15-8-4-2-5-9-15/h2-11,14,19H,12-13,18H2,1H3. The zero-order valence-electron chi connectivity index (χ0n) is 11.3. The summed E-state index contributed by atoms with van der Waals surface area (Å²) >= 11 is 0. The minimum absolute atomic E-state index is 0.00453. The molecule has 0 fully saturated rings. The van der Waals surface area contributed by atoms with Crippen LogP contribution in [-0.4, -0.2) is 11.7 Å². The first-order chi connectivity index (χ1) is 9.16. The molecule has 2 rings (SSSR count). The van der Waals surface area contributed by atoms with E-state index in [4.69, 9.17) is 5.73 Å². The molecular formula is C17H21NO. The minimum Gasteiger partial charge on any atom is -0.384 e.